The molecule has 1 saturated heterocycles. The molecule has 136 valence electrons. The Balaban J connectivity index is 1.57. The molecule has 0 saturated carbocycles. The topological polar surface area (TPSA) is 15.3 Å². The molecule has 1 aromatic carbocycles. The van der Waals surface area contributed by atoms with Gasteiger partial charge in [0, 0.05) is 10.9 Å². The lowest BCUT2D eigenvalue weighted by molar-refractivity contribution is 0.222. The molecule has 1 aromatic heterocycles. The van der Waals surface area contributed by atoms with Crippen LogP contribution in [0.25, 0.3) is 0 Å². The standard InChI is InChI=1S/C22H32N2S/c1-22(18-21-9-6-16-25-21,17-19-7-4-3-5-8-19)12-13-23-20-10-14-24(2)15-11-20/h3-9,16,20,23H,10-15,17-18H2,1-2H3/t22-/m0/s1. The van der Waals surface area contributed by atoms with Crippen molar-refractivity contribution in [2.45, 2.75) is 45.1 Å². The number of likely N-dealkylation sites (tertiary alicyclic amines) is 1. The third-order valence-corrected chi connectivity index (χ3v) is 6.41. The van der Waals surface area contributed by atoms with Gasteiger partial charge < -0.3 is 10.2 Å². The molecular weight excluding hydrogens is 324 g/mol. The maximum Gasteiger partial charge on any atom is 0.00914 e. The maximum absolute atomic E-state index is 3.84. The summed E-state index contributed by atoms with van der Waals surface area (Å²) in [5.41, 5.74) is 1.77. The fraction of sp³-hybridized carbons (Fsp3) is 0.545. The average molecular weight is 357 g/mol. The molecule has 1 fully saturated rings. The van der Waals surface area contributed by atoms with Crippen molar-refractivity contribution in [2.24, 2.45) is 5.41 Å². The van der Waals surface area contributed by atoms with Gasteiger partial charge in [0.2, 0.25) is 0 Å². The van der Waals surface area contributed by atoms with Gasteiger partial charge in [-0.25, -0.2) is 0 Å². The summed E-state index contributed by atoms with van der Waals surface area (Å²) < 4.78 is 0. The van der Waals surface area contributed by atoms with Crippen molar-refractivity contribution in [3.05, 3.63) is 58.3 Å². The van der Waals surface area contributed by atoms with Gasteiger partial charge in [-0.1, -0.05) is 43.3 Å². The first-order valence-corrected chi connectivity index (χ1v) is 10.5. The minimum Gasteiger partial charge on any atom is -0.314 e. The first kappa shape index (κ1) is 18.6. The van der Waals surface area contributed by atoms with Crippen LogP contribution in [0.4, 0.5) is 0 Å². The van der Waals surface area contributed by atoms with Crippen LogP contribution in [-0.2, 0) is 12.8 Å². The summed E-state index contributed by atoms with van der Waals surface area (Å²) in [4.78, 5) is 3.95. The van der Waals surface area contributed by atoms with Crippen LogP contribution < -0.4 is 5.32 Å². The van der Waals surface area contributed by atoms with E-state index in [1.807, 2.05) is 11.3 Å². The fourth-order valence-corrected chi connectivity index (χ4v) is 4.87. The molecule has 1 aliphatic heterocycles. The molecule has 0 unspecified atom stereocenters. The van der Waals surface area contributed by atoms with E-state index in [1.165, 1.54) is 49.2 Å². The van der Waals surface area contributed by atoms with E-state index in [-0.39, 0.29) is 0 Å². The second-order valence-corrected chi connectivity index (χ2v) is 9.04. The fourth-order valence-electron chi connectivity index (χ4n) is 3.95. The zero-order chi connectivity index (χ0) is 17.5. The molecular formula is C22H32N2S. The Kier molecular flexibility index (Phi) is 6.69. The van der Waals surface area contributed by atoms with Crippen LogP contribution in [0.5, 0.6) is 0 Å². The van der Waals surface area contributed by atoms with Crippen LogP contribution >= 0.6 is 11.3 Å². The van der Waals surface area contributed by atoms with Crippen LogP contribution in [0.2, 0.25) is 0 Å². The number of nitrogens with zero attached hydrogens (tertiary/aromatic N) is 1. The summed E-state index contributed by atoms with van der Waals surface area (Å²) in [6.07, 6.45) is 6.13. The monoisotopic (exact) mass is 356 g/mol. The molecule has 0 spiro atoms. The van der Waals surface area contributed by atoms with Crippen molar-refractivity contribution < 1.29 is 0 Å². The van der Waals surface area contributed by atoms with Gasteiger partial charge in [0.05, 0.1) is 0 Å². The van der Waals surface area contributed by atoms with Crippen LogP contribution in [0, 0.1) is 5.41 Å². The molecule has 3 heteroatoms. The lowest BCUT2D eigenvalue weighted by atomic mass is 9.77. The highest BCUT2D eigenvalue weighted by molar-refractivity contribution is 7.09. The quantitative estimate of drug-likeness (QED) is 0.743. The van der Waals surface area contributed by atoms with Gasteiger partial charge in [0.25, 0.3) is 0 Å². The van der Waals surface area contributed by atoms with E-state index < -0.39 is 0 Å². The Hall–Kier alpha value is -1.16. The van der Waals surface area contributed by atoms with E-state index >= 15 is 0 Å². The van der Waals surface area contributed by atoms with Crippen LogP contribution in [0.15, 0.2) is 47.8 Å². The average Bonchev–Trinajstić information content (AvgIpc) is 3.10. The molecule has 1 atom stereocenters. The normalized spacial score (nSPS) is 19.0. The van der Waals surface area contributed by atoms with E-state index in [9.17, 15) is 0 Å². The Bertz CT molecular complexity index is 602. The molecule has 0 amide bonds. The van der Waals surface area contributed by atoms with Crippen molar-refractivity contribution in [1.29, 1.82) is 0 Å². The van der Waals surface area contributed by atoms with Gasteiger partial charge in [-0.2, -0.15) is 0 Å². The second kappa shape index (κ2) is 8.98. The number of piperidine rings is 1. The minimum absolute atomic E-state index is 0.310. The van der Waals surface area contributed by atoms with Crippen molar-refractivity contribution in [1.82, 2.24) is 10.2 Å². The predicted octanol–water partition coefficient (Wildman–Crippen LogP) is 4.61. The number of hydrogen-bond acceptors (Lipinski definition) is 3. The van der Waals surface area contributed by atoms with Crippen LogP contribution in [-0.4, -0.2) is 37.6 Å². The van der Waals surface area contributed by atoms with Gasteiger partial charge >= 0.3 is 0 Å². The SMILES string of the molecule is CN1CCC(NCC[C@@](C)(Cc2ccccc2)Cc2cccs2)CC1. The lowest BCUT2D eigenvalue weighted by Gasteiger charge is -2.33. The number of thiophene rings is 1. The van der Waals surface area contributed by atoms with E-state index in [0.29, 0.717) is 11.5 Å². The van der Waals surface area contributed by atoms with Gasteiger partial charge in [-0.15, -0.1) is 11.3 Å². The second-order valence-electron chi connectivity index (χ2n) is 8.01. The smallest absolute Gasteiger partial charge is 0.00914 e. The van der Waals surface area contributed by atoms with Gasteiger partial charge in [0.15, 0.2) is 0 Å². The highest BCUT2D eigenvalue weighted by Crippen LogP contribution is 2.32. The number of nitrogens with one attached hydrogen (secondary N) is 1. The molecule has 0 aliphatic carbocycles. The molecule has 0 bridgehead atoms. The van der Waals surface area contributed by atoms with Crippen LogP contribution in [0.3, 0.4) is 0 Å². The zero-order valence-corrected chi connectivity index (χ0v) is 16.5. The van der Waals surface area contributed by atoms with Gasteiger partial charge in [0.1, 0.15) is 0 Å². The highest BCUT2D eigenvalue weighted by Gasteiger charge is 2.26. The zero-order valence-electron chi connectivity index (χ0n) is 15.7. The molecule has 2 nitrogen and oxygen atoms in total. The minimum atomic E-state index is 0.310. The Morgan fingerprint density at radius 1 is 1.08 bits per heavy atom. The summed E-state index contributed by atoms with van der Waals surface area (Å²) in [6, 6.07) is 16.2. The van der Waals surface area contributed by atoms with E-state index in [4.69, 9.17) is 0 Å². The number of rotatable bonds is 8. The van der Waals surface area contributed by atoms with Crippen molar-refractivity contribution >= 4 is 11.3 Å². The van der Waals surface area contributed by atoms with Crippen molar-refractivity contribution in [3.63, 3.8) is 0 Å². The maximum atomic E-state index is 3.84. The summed E-state index contributed by atoms with van der Waals surface area (Å²) in [5.74, 6) is 0. The predicted molar refractivity (Wildman–Crippen MR) is 109 cm³/mol. The summed E-state index contributed by atoms with van der Waals surface area (Å²) in [6.45, 7) is 6.06. The molecule has 2 heterocycles. The highest BCUT2D eigenvalue weighted by atomic mass is 32.1. The first-order valence-electron chi connectivity index (χ1n) is 9.61. The number of hydrogen-bond donors (Lipinski definition) is 1. The third-order valence-electron chi connectivity index (χ3n) is 5.53. The largest absolute Gasteiger partial charge is 0.314 e. The van der Waals surface area contributed by atoms with Gasteiger partial charge in [-0.05, 0) is 81.2 Å². The summed E-state index contributed by atoms with van der Waals surface area (Å²) in [7, 11) is 2.23. The molecule has 3 rings (SSSR count). The summed E-state index contributed by atoms with van der Waals surface area (Å²) >= 11 is 1.90. The molecule has 25 heavy (non-hydrogen) atoms. The van der Waals surface area contributed by atoms with Crippen LogP contribution in [0.1, 0.15) is 36.6 Å². The van der Waals surface area contributed by atoms with E-state index in [0.717, 1.165) is 13.0 Å². The molecule has 0 radical (unpaired) electrons. The first-order chi connectivity index (χ1) is 12.1. The number of benzene rings is 1. The molecule has 1 N–H and O–H groups in total. The Morgan fingerprint density at radius 2 is 1.84 bits per heavy atom. The Labute approximate surface area is 157 Å². The summed E-state index contributed by atoms with van der Waals surface area (Å²) in [5, 5.41) is 6.04. The molecule has 2 aromatic rings. The van der Waals surface area contributed by atoms with Crippen molar-refractivity contribution in [3.8, 4) is 0 Å². The molecule has 1 aliphatic rings. The third kappa shape index (κ3) is 5.95. The van der Waals surface area contributed by atoms with E-state index in [2.05, 4.69) is 72.0 Å². The van der Waals surface area contributed by atoms with Crippen molar-refractivity contribution in [2.75, 3.05) is 26.7 Å². The van der Waals surface area contributed by atoms with E-state index in [1.54, 1.807) is 0 Å². The Morgan fingerprint density at radius 3 is 2.52 bits per heavy atom. The lowest BCUT2D eigenvalue weighted by Crippen LogP contribution is -2.42. The van der Waals surface area contributed by atoms with Gasteiger partial charge in [-0.3, -0.25) is 0 Å².